The second-order valence-electron chi connectivity index (χ2n) is 7.48. The maximum atomic E-state index is 14.0. The van der Waals surface area contributed by atoms with Gasteiger partial charge in [0.25, 0.3) is 0 Å². The molecule has 0 N–H and O–H groups in total. The Labute approximate surface area is 170 Å². The van der Waals surface area contributed by atoms with E-state index in [2.05, 4.69) is 33.6 Å². The Bertz CT molecular complexity index is 984. The maximum Gasteiger partial charge on any atom is 0.227 e. The number of hydrogen-bond acceptors (Lipinski definition) is 6. The molecule has 2 aromatic rings. The van der Waals surface area contributed by atoms with Crippen molar-refractivity contribution in [2.24, 2.45) is 5.92 Å². The zero-order valence-electron chi connectivity index (χ0n) is 16.4. The zero-order valence-corrected chi connectivity index (χ0v) is 17.9. The molecule has 28 heavy (non-hydrogen) atoms. The number of benzene rings is 1. The Hall–Kier alpha value is -1.93. The minimum absolute atomic E-state index is 0.0965. The lowest BCUT2D eigenvalue weighted by molar-refractivity contribution is 0.413. The van der Waals surface area contributed by atoms with Gasteiger partial charge in [-0.25, -0.2) is 22.8 Å². The van der Waals surface area contributed by atoms with Crippen LogP contribution in [0.25, 0.3) is 0 Å². The van der Waals surface area contributed by atoms with Crippen molar-refractivity contribution in [1.29, 1.82) is 0 Å². The van der Waals surface area contributed by atoms with Gasteiger partial charge in [-0.15, -0.1) is 0 Å². The van der Waals surface area contributed by atoms with E-state index in [0.29, 0.717) is 42.3 Å². The van der Waals surface area contributed by atoms with Gasteiger partial charge in [-0.05, 0) is 31.0 Å². The Kier molecular flexibility index (Phi) is 5.82. The number of aryl methyl sites for hydroxylation is 1. The summed E-state index contributed by atoms with van der Waals surface area (Å²) in [6.45, 7) is 8.01. The van der Waals surface area contributed by atoms with Gasteiger partial charge in [0, 0.05) is 43.3 Å². The summed E-state index contributed by atoms with van der Waals surface area (Å²) in [5.74, 6) is 0.152. The normalized spacial score (nSPS) is 18.0. The number of halogens is 2. The van der Waals surface area contributed by atoms with Crippen LogP contribution in [0.15, 0.2) is 29.3 Å². The molecule has 0 unspecified atom stereocenters. The number of aromatic nitrogens is 2. The Balaban J connectivity index is 1.90. The number of hydrogen-bond donors (Lipinski definition) is 0. The smallest absolute Gasteiger partial charge is 0.227 e. The molecular formula is C19H24ClFN4O2S. The van der Waals surface area contributed by atoms with E-state index >= 15 is 0 Å². The molecule has 152 valence electrons. The van der Waals surface area contributed by atoms with Crippen molar-refractivity contribution in [3.63, 3.8) is 0 Å². The average molecular weight is 427 g/mol. The van der Waals surface area contributed by atoms with Crippen molar-refractivity contribution in [3.05, 3.63) is 40.9 Å². The molecule has 2 heterocycles. The number of anilines is 2. The number of piperazine rings is 1. The van der Waals surface area contributed by atoms with Crippen molar-refractivity contribution in [1.82, 2.24) is 9.97 Å². The van der Waals surface area contributed by atoms with Crippen LogP contribution in [-0.2, 0) is 9.84 Å². The highest BCUT2D eigenvalue weighted by molar-refractivity contribution is 7.90. The molecule has 9 heteroatoms. The van der Waals surface area contributed by atoms with E-state index < -0.39 is 15.7 Å². The summed E-state index contributed by atoms with van der Waals surface area (Å²) in [6, 6.07) is 4.35. The van der Waals surface area contributed by atoms with Crippen LogP contribution < -0.4 is 9.80 Å². The second kappa shape index (κ2) is 7.83. The maximum absolute atomic E-state index is 14.0. The lowest BCUT2D eigenvalue weighted by Crippen LogP contribution is -2.56. The van der Waals surface area contributed by atoms with E-state index in [1.807, 2.05) is 6.92 Å². The lowest BCUT2D eigenvalue weighted by Gasteiger charge is -2.44. The van der Waals surface area contributed by atoms with Crippen molar-refractivity contribution < 1.29 is 12.8 Å². The summed E-state index contributed by atoms with van der Waals surface area (Å²) in [5.41, 5.74) is 1.51. The minimum atomic E-state index is -3.63. The highest BCUT2D eigenvalue weighted by Gasteiger charge is 2.32. The predicted octanol–water partition coefficient (Wildman–Crippen LogP) is 3.33. The lowest BCUT2D eigenvalue weighted by atomic mass is 9.99. The number of sulfone groups is 1. The molecule has 1 aliphatic rings. The van der Waals surface area contributed by atoms with E-state index in [4.69, 9.17) is 11.6 Å². The van der Waals surface area contributed by atoms with E-state index in [0.717, 1.165) is 11.8 Å². The van der Waals surface area contributed by atoms with E-state index in [1.54, 1.807) is 12.3 Å². The molecule has 0 spiro atoms. The van der Waals surface area contributed by atoms with Crippen LogP contribution in [0.2, 0.25) is 5.15 Å². The van der Waals surface area contributed by atoms with Gasteiger partial charge in [-0.1, -0.05) is 25.4 Å². The van der Waals surface area contributed by atoms with Gasteiger partial charge in [-0.3, -0.25) is 0 Å². The minimum Gasteiger partial charge on any atom is -0.368 e. The van der Waals surface area contributed by atoms with Crippen LogP contribution in [0.5, 0.6) is 0 Å². The van der Waals surface area contributed by atoms with Crippen molar-refractivity contribution in [2.75, 3.05) is 35.7 Å². The molecule has 6 nitrogen and oxygen atoms in total. The van der Waals surface area contributed by atoms with Crippen LogP contribution in [0, 0.1) is 18.7 Å². The molecule has 3 rings (SSSR count). The molecule has 0 aliphatic carbocycles. The molecule has 0 radical (unpaired) electrons. The third-order valence-electron chi connectivity index (χ3n) is 5.02. The molecule has 1 aliphatic heterocycles. The van der Waals surface area contributed by atoms with E-state index in [9.17, 15) is 12.8 Å². The average Bonchev–Trinajstić information content (AvgIpc) is 2.63. The zero-order chi connectivity index (χ0) is 20.6. The quantitative estimate of drug-likeness (QED) is 0.698. The molecule has 0 bridgehead atoms. The topological polar surface area (TPSA) is 66.4 Å². The van der Waals surface area contributed by atoms with Crippen LogP contribution in [0.3, 0.4) is 0 Å². The highest BCUT2D eigenvalue weighted by Crippen LogP contribution is 2.28. The molecule has 1 saturated heterocycles. The van der Waals surface area contributed by atoms with E-state index in [-0.39, 0.29) is 10.9 Å². The number of rotatable bonds is 4. The summed E-state index contributed by atoms with van der Waals surface area (Å²) >= 11 is 6.18. The van der Waals surface area contributed by atoms with Gasteiger partial charge >= 0.3 is 0 Å². The van der Waals surface area contributed by atoms with Crippen LogP contribution in [0.1, 0.15) is 19.4 Å². The van der Waals surface area contributed by atoms with Gasteiger partial charge in [0.15, 0.2) is 9.84 Å². The van der Waals surface area contributed by atoms with Crippen molar-refractivity contribution in [2.45, 2.75) is 31.7 Å². The fourth-order valence-electron chi connectivity index (χ4n) is 3.39. The molecule has 1 fully saturated rings. The SMILES string of the molecule is Cc1cnc(N2CCN(c3ccc(F)c(S(C)(=O)=O)c3)C[C@H]2C(C)C)nc1Cl. The second-order valence-corrected chi connectivity index (χ2v) is 9.82. The molecule has 1 atom stereocenters. The molecule has 0 saturated carbocycles. The third-order valence-corrected chi connectivity index (χ3v) is 6.52. The standard InChI is InChI=1S/C19H24ClFN4O2S/c1-12(2)16-11-24(14-5-6-15(21)17(9-14)28(4,26)27)7-8-25(16)19-22-10-13(3)18(20)23-19/h5-6,9-10,12,16H,7-8,11H2,1-4H3/t16-/m0/s1. The van der Waals surface area contributed by atoms with Crippen LogP contribution >= 0.6 is 11.6 Å². The fourth-order valence-corrected chi connectivity index (χ4v) is 4.27. The molecule has 1 aromatic carbocycles. The van der Waals surface area contributed by atoms with Gasteiger partial charge < -0.3 is 9.80 Å². The summed E-state index contributed by atoms with van der Waals surface area (Å²) in [5, 5.41) is 0.436. The van der Waals surface area contributed by atoms with E-state index in [1.165, 1.54) is 12.1 Å². The van der Waals surface area contributed by atoms with Gasteiger partial charge in [0.05, 0.1) is 6.04 Å². The van der Waals surface area contributed by atoms with Crippen molar-refractivity contribution in [3.8, 4) is 0 Å². The summed E-state index contributed by atoms with van der Waals surface area (Å²) in [6.07, 6.45) is 2.73. The van der Waals surface area contributed by atoms with Gasteiger partial charge in [0.2, 0.25) is 5.95 Å². The Morgan fingerprint density at radius 2 is 2.00 bits per heavy atom. The molecule has 0 amide bonds. The first kappa shape index (κ1) is 20.8. The van der Waals surface area contributed by atoms with Gasteiger partial charge in [-0.2, -0.15) is 0 Å². The molecule has 1 aromatic heterocycles. The third kappa shape index (κ3) is 4.22. The monoisotopic (exact) mass is 426 g/mol. The predicted molar refractivity (Wildman–Crippen MR) is 109 cm³/mol. The first-order chi connectivity index (χ1) is 13.1. The van der Waals surface area contributed by atoms with Gasteiger partial charge in [0.1, 0.15) is 15.9 Å². The van der Waals surface area contributed by atoms with Crippen molar-refractivity contribution >= 4 is 33.1 Å². The highest BCUT2D eigenvalue weighted by atomic mass is 35.5. The van der Waals surface area contributed by atoms with Crippen LogP contribution in [0.4, 0.5) is 16.0 Å². The van der Waals surface area contributed by atoms with Crippen LogP contribution in [-0.4, -0.2) is 50.3 Å². The first-order valence-corrected chi connectivity index (χ1v) is 11.3. The summed E-state index contributed by atoms with van der Waals surface area (Å²) in [4.78, 5) is 12.8. The Morgan fingerprint density at radius 3 is 2.61 bits per heavy atom. The largest absolute Gasteiger partial charge is 0.368 e. The summed E-state index contributed by atoms with van der Waals surface area (Å²) < 4.78 is 37.7. The summed E-state index contributed by atoms with van der Waals surface area (Å²) in [7, 11) is -3.63. The Morgan fingerprint density at radius 1 is 1.29 bits per heavy atom. The first-order valence-electron chi connectivity index (χ1n) is 9.08. The molecular weight excluding hydrogens is 403 g/mol. The number of nitrogens with zero attached hydrogens (tertiary/aromatic N) is 4. The fraction of sp³-hybridized carbons (Fsp3) is 0.474.